The zero-order valence-corrected chi connectivity index (χ0v) is 12.4. The Labute approximate surface area is 114 Å². The fourth-order valence-electron chi connectivity index (χ4n) is 1.99. The van der Waals surface area contributed by atoms with Crippen molar-refractivity contribution in [1.82, 2.24) is 14.7 Å². The van der Waals surface area contributed by atoms with Gasteiger partial charge >= 0.3 is 0 Å². The molecule has 0 atom stereocenters. The number of amides is 1. The monoisotopic (exact) mass is 268 g/mol. The molecule has 3 N–H and O–H groups in total. The van der Waals surface area contributed by atoms with E-state index in [2.05, 4.69) is 5.10 Å². The van der Waals surface area contributed by atoms with Crippen molar-refractivity contribution < 1.29 is 9.90 Å². The molecule has 6 heteroatoms. The van der Waals surface area contributed by atoms with Crippen molar-refractivity contribution in [3.05, 3.63) is 11.4 Å². The number of aryl methyl sites for hydroxylation is 2. The number of nitrogens with two attached hydrogens (primary N) is 1. The fourth-order valence-corrected chi connectivity index (χ4v) is 1.99. The van der Waals surface area contributed by atoms with E-state index in [1.807, 2.05) is 13.8 Å². The smallest absolute Gasteiger partial charge is 0.274 e. The minimum atomic E-state index is -0.938. The number of anilines is 1. The molecular formula is C13H24N4O2. The van der Waals surface area contributed by atoms with Crippen molar-refractivity contribution in [2.45, 2.75) is 46.8 Å². The summed E-state index contributed by atoms with van der Waals surface area (Å²) >= 11 is 0. The molecule has 0 saturated heterocycles. The van der Waals surface area contributed by atoms with Gasteiger partial charge in [-0.1, -0.05) is 0 Å². The maximum atomic E-state index is 12.5. The van der Waals surface area contributed by atoms with Crippen molar-refractivity contribution in [1.29, 1.82) is 0 Å². The van der Waals surface area contributed by atoms with Gasteiger partial charge in [0.15, 0.2) is 0 Å². The van der Waals surface area contributed by atoms with Crippen LogP contribution in [0.4, 0.5) is 5.69 Å². The lowest BCUT2D eigenvalue weighted by Crippen LogP contribution is -2.43. The van der Waals surface area contributed by atoms with E-state index >= 15 is 0 Å². The highest BCUT2D eigenvalue weighted by Gasteiger charge is 2.27. The van der Waals surface area contributed by atoms with Crippen molar-refractivity contribution in [2.75, 3.05) is 18.8 Å². The van der Waals surface area contributed by atoms with E-state index in [0.29, 0.717) is 30.2 Å². The van der Waals surface area contributed by atoms with E-state index in [1.54, 1.807) is 30.4 Å². The number of aliphatic hydroxyl groups is 1. The Morgan fingerprint density at radius 3 is 2.47 bits per heavy atom. The molecule has 1 rings (SSSR count). The van der Waals surface area contributed by atoms with Gasteiger partial charge in [-0.2, -0.15) is 5.10 Å². The van der Waals surface area contributed by atoms with Crippen LogP contribution in [0.5, 0.6) is 0 Å². The summed E-state index contributed by atoms with van der Waals surface area (Å²) < 4.78 is 1.61. The first-order valence-corrected chi connectivity index (χ1v) is 6.55. The molecule has 0 aliphatic rings. The summed E-state index contributed by atoms with van der Waals surface area (Å²) in [7, 11) is 0. The van der Waals surface area contributed by atoms with Gasteiger partial charge in [0.05, 0.1) is 17.0 Å². The predicted molar refractivity (Wildman–Crippen MR) is 74.9 cm³/mol. The largest absolute Gasteiger partial charge is 0.395 e. The molecule has 108 valence electrons. The number of hydrogen-bond acceptors (Lipinski definition) is 4. The molecule has 0 saturated carbocycles. The summed E-state index contributed by atoms with van der Waals surface area (Å²) in [6.45, 7) is 10.3. The number of likely N-dealkylation sites (N-methyl/N-ethyl adjacent to an activating group) is 1. The second-order valence-corrected chi connectivity index (χ2v) is 5.30. The Hall–Kier alpha value is -1.56. The molecule has 0 aliphatic carbocycles. The lowest BCUT2D eigenvalue weighted by atomic mass is 10.1. The van der Waals surface area contributed by atoms with Gasteiger partial charge < -0.3 is 15.7 Å². The molecular weight excluding hydrogens is 244 g/mol. The number of nitrogens with zero attached hydrogens (tertiary/aromatic N) is 3. The van der Waals surface area contributed by atoms with Crippen molar-refractivity contribution in [3.63, 3.8) is 0 Å². The first-order chi connectivity index (χ1) is 8.71. The van der Waals surface area contributed by atoms with Crippen LogP contribution in [0.25, 0.3) is 0 Å². The molecule has 1 amide bonds. The van der Waals surface area contributed by atoms with E-state index in [0.717, 1.165) is 0 Å². The summed E-state index contributed by atoms with van der Waals surface area (Å²) in [5, 5.41) is 14.1. The molecule has 1 heterocycles. The Morgan fingerprint density at radius 1 is 1.47 bits per heavy atom. The van der Waals surface area contributed by atoms with Gasteiger partial charge in [-0.05, 0) is 34.6 Å². The van der Waals surface area contributed by atoms with Crippen molar-refractivity contribution in [2.24, 2.45) is 0 Å². The highest BCUT2D eigenvalue weighted by molar-refractivity contribution is 5.98. The first kappa shape index (κ1) is 15.5. The average molecular weight is 268 g/mol. The normalized spacial score (nSPS) is 11.7. The molecule has 0 bridgehead atoms. The van der Waals surface area contributed by atoms with E-state index in [9.17, 15) is 9.90 Å². The average Bonchev–Trinajstić information content (AvgIpc) is 2.60. The summed E-state index contributed by atoms with van der Waals surface area (Å²) in [5.41, 5.74) is 6.49. The van der Waals surface area contributed by atoms with E-state index in [-0.39, 0.29) is 12.5 Å². The zero-order valence-electron chi connectivity index (χ0n) is 12.4. The molecule has 1 aromatic heterocycles. The quantitative estimate of drug-likeness (QED) is 0.835. The van der Waals surface area contributed by atoms with Crippen LogP contribution in [-0.4, -0.2) is 44.4 Å². The first-order valence-electron chi connectivity index (χ1n) is 6.55. The van der Waals surface area contributed by atoms with Gasteiger partial charge in [-0.15, -0.1) is 0 Å². The van der Waals surface area contributed by atoms with Crippen LogP contribution in [0.15, 0.2) is 0 Å². The van der Waals surface area contributed by atoms with E-state index in [1.165, 1.54) is 0 Å². The number of carbonyl (C=O) groups is 1. The maximum Gasteiger partial charge on any atom is 0.274 e. The van der Waals surface area contributed by atoms with Gasteiger partial charge in [0.25, 0.3) is 5.91 Å². The maximum absolute atomic E-state index is 12.5. The van der Waals surface area contributed by atoms with Crippen LogP contribution < -0.4 is 5.73 Å². The molecule has 0 unspecified atom stereocenters. The third-order valence-corrected chi connectivity index (χ3v) is 2.92. The standard InChI is InChI=1S/C13H24N4O2/c1-6-16(8-13(4,5)19)12(18)11-10(14)9(3)15-17(11)7-2/h19H,6-8,14H2,1-5H3. The van der Waals surface area contributed by atoms with Crippen molar-refractivity contribution in [3.8, 4) is 0 Å². The van der Waals surface area contributed by atoms with Gasteiger partial charge in [0, 0.05) is 19.6 Å². The second kappa shape index (κ2) is 5.61. The lowest BCUT2D eigenvalue weighted by molar-refractivity contribution is 0.0309. The predicted octanol–water partition coefficient (Wildman–Crippen LogP) is 1.03. The molecule has 19 heavy (non-hydrogen) atoms. The summed E-state index contributed by atoms with van der Waals surface area (Å²) in [4.78, 5) is 14.1. The minimum Gasteiger partial charge on any atom is -0.395 e. The Bertz CT molecular complexity index is 460. The van der Waals surface area contributed by atoms with Gasteiger partial charge in [0.1, 0.15) is 5.69 Å². The number of carbonyl (C=O) groups excluding carboxylic acids is 1. The van der Waals surface area contributed by atoms with Gasteiger partial charge in [0.2, 0.25) is 0 Å². The lowest BCUT2D eigenvalue weighted by Gasteiger charge is -2.28. The SMILES string of the molecule is CCN(CC(C)(C)O)C(=O)c1c(N)c(C)nn1CC. The Morgan fingerprint density at radius 2 is 2.05 bits per heavy atom. The Kier molecular flexibility index (Phi) is 4.57. The van der Waals surface area contributed by atoms with Crippen LogP contribution in [0.2, 0.25) is 0 Å². The van der Waals surface area contributed by atoms with E-state index < -0.39 is 5.60 Å². The number of hydrogen-bond donors (Lipinski definition) is 2. The van der Waals surface area contributed by atoms with Gasteiger partial charge in [-0.3, -0.25) is 9.48 Å². The van der Waals surface area contributed by atoms with Gasteiger partial charge in [-0.25, -0.2) is 0 Å². The Balaban J connectivity index is 3.11. The van der Waals surface area contributed by atoms with Crippen LogP contribution in [0.1, 0.15) is 43.9 Å². The third kappa shape index (κ3) is 3.47. The molecule has 0 spiro atoms. The number of rotatable bonds is 5. The van der Waals surface area contributed by atoms with Crippen LogP contribution >= 0.6 is 0 Å². The zero-order chi connectivity index (χ0) is 14.8. The molecule has 6 nitrogen and oxygen atoms in total. The highest BCUT2D eigenvalue weighted by atomic mass is 16.3. The minimum absolute atomic E-state index is 0.190. The summed E-state index contributed by atoms with van der Waals surface area (Å²) in [5.74, 6) is -0.190. The second-order valence-electron chi connectivity index (χ2n) is 5.30. The van der Waals surface area contributed by atoms with Crippen LogP contribution in [-0.2, 0) is 6.54 Å². The third-order valence-electron chi connectivity index (χ3n) is 2.92. The summed E-state index contributed by atoms with van der Waals surface area (Å²) in [6.07, 6.45) is 0. The molecule has 0 radical (unpaired) electrons. The molecule has 1 aromatic rings. The van der Waals surface area contributed by atoms with E-state index in [4.69, 9.17) is 5.73 Å². The summed E-state index contributed by atoms with van der Waals surface area (Å²) in [6, 6.07) is 0. The topological polar surface area (TPSA) is 84.4 Å². The van der Waals surface area contributed by atoms with Crippen LogP contribution in [0.3, 0.4) is 0 Å². The fraction of sp³-hybridized carbons (Fsp3) is 0.692. The highest BCUT2D eigenvalue weighted by Crippen LogP contribution is 2.19. The van der Waals surface area contributed by atoms with Crippen molar-refractivity contribution >= 4 is 11.6 Å². The van der Waals surface area contributed by atoms with Crippen LogP contribution in [0, 0.1) is 6.92 Å². The number of nitrogen functional groups attached to an aromatic ring is 1. The molecule has 0 aromatic carbocycles. The molecule has 0 fully saturated rings. The molecule has 0 aliphatic heterocycles. The number of aromatic nitrogens is 2.